The molecule has 0 aliphatic heterocycles. The van der Waals surface area contributed by atoms with Gasteiger partial charge < -0.3 is 0 Å². The van der Waals surface area contributed by atoms with Crippen molar-refractivity contribution in [3.05, 3.63) is 169 Å². The Hall–Kier alpha value is -5.72. The third-order valence-electron chi connectivity index (χ3n) is 10.8. The highest BCUT2D eigenvalue weighted by Gasteiger charge is 2.38. The summed E-state index contributed by atoms with van der Waals surface area (Å²) >= 11 is 0. The second-order valence-electron chi connectivity index (χ2n) is 13.6. The molecule has 0 nitrogen and oxygen atoms in total. The molecule has 0 amide bonds. The Morgan fingerprint density at radius 3 is 1.45 bits per heavy atom. The fourth-order valence-corrected chi connectivity index (χ4v) is 8.73. The summed E-state index contributed by atoms with van der Waals surface area (Å²) in [6.45, 7) is 4.83. The Morgan fingerprint density at radius 1 is 0.340 bits per heavy atom. The molecule has 0 aromatic heterocycles. The van der Waals surface area contributed by atoms with Gasteiger partial charge in [-0.3, -0.25) is 0 Å². The predicted octanol–water partition coefficient (Wildman–Crippen LogP) is 13.1. The molecule has 0 saturated carbocycles. The van der Waals surface area contributed by atoms with Crippen molar-refractivity contribution in [3.8, 4) is 33.4 Å². The number of benzene rings is 9. The molecule has 0 unspecified atom stereocenters. The van der Waals surface area contributed by atoms with Crippen LogP contribution in [0, 0.1) is 0 Å². The fraction of sp³-hybridized carbons (Fsp3) is 0.0638. The molecule has 0 fully saturated rings. The molecule has 1 aliphatic carbocycles. The second-order valence-corrected chi connectivity index (χ2v) is 13.6. The van der Waals surface area contributed by atoms with E-state index in [1.807, 2.05) is 0 Å². The Balaban J connectivity index is 1.31. The van der Waals surface area contributed by atoms with Crippen LogP contribution in [0.1, 0.15) is 25.0 Å². The summed E-state index contributed by atoms with van der Waals surface area (Å²) in [5.41, 5.74) is 10.6. The number of hydrogen-bond acceptors (Lipinski definition) is 0. The quantitative estimate of drug-likeness (QED) is 0.138. The summed E-state index contributed by atoms with van der Waals surface area (Å²) < 4.78 is 0. The topological polar surface area (TPSA) is 0 Å². The van der Waals surface area contributed by atoms with Crippen molar-refractivity contribution in [1.82, 2.24) is 0 Å². The van der Waals surface area contributed by atoms with Crippen molar-refractivity contribution >= 4 is 53.9 Å². The lowest BCUT2D eigenvalue weighted by molar-refractivity contribution is 0.667. The van der Waals surface area contributed by atoms with E-state index in [1.54, 1.807) is 0 Å². The number of hydrogen-bond donors (Lipinski definition) is 0. The Labute approximate surface area is 274 Å². The first-order valence-electron chi connectivity index (χ1n) is 16.6. The molecule has 1 aliphatic rings. The van der Waals surface area contributed by atoms with Crippen LogP contribution in [-0.2, 0) is 5.41 Å². The first-order chi connectivity index (χ1) is 23.1. The minimum atomic E-state index is -0.130. The van der Waals surface area contributed by atoms with Gasteiger partial charge in [0.15, 0.2) is 0 Å². The fourth-order valence-electron chi connectivity index (χ4n) is 8.73. The molecule has 47 heavy (non-hydrogen) atoms. The van der Waals surface area contributed by atoms with Gasteiger partial charge in [0.25, 0.3) is 0 Å². The molecule has 0 bridgehead atoms. The lowest BCUT2D eigenvalue weighted by Crippen LogP contribution is -2.15. The predicted molar refractivity (Wildman–Crippen MR) is 202 cm³/mol. The van der Waals surface area contributed by atoms with Crippen LogP contribution in [0.4, 0.5) is 0 Å². The van der Waals surface area contributed by atoms with Gasteiger partial charge >= 0.3 is 0 Å². The highest BCUT2D eigenvalue weighted by Crippen LogP contribution is 2.56. The first-order valence-corrected chi connectivity index (χ1v) is 16.6. The largest absolute Gasteiger partial charge is 0.0622 e. The van der Waals surface area contributed by atoms with Gasteiger partial charge in [-0.15, -0.1) is 0 Å². The van der Waals surface area contributed by atoms with Gasteiger partial charge in [-0.1, -0.05) is 153 Å². The Morgan fingerprint density at radius 2 is 0.830 bits per heavy atom. The van der Waals surface area contributed by atoms with Crippen LogP contribution in [0.25, 0.3) is 87.2 Å². The van der Waals surface area contributed by atoms with Crippen LogP contribution in [0.3, 0.4) is 0 Å². The van der Waals surface area contributed by atoms with E-state index in [2.05, 4.69) is 172 Å². The molecular formula is C47H32. The molecule has 0 heteroatoms. The lowest BCUT2D eigenvalue weighted by Gasteiger charge is -2.25. The minimum absolute atomic E-state index is 0.130. The normalized spacial score (nSPS) is 13.5. The van der Waals surface area contributed by atoms with E-state index in [9.17, 15) is 0 Å². The average Bonchev–Trinajstić information content (AvgIpc) is 3.35. The van der Waals surface area contributed by atoms with E-state index >= 15 is 0 Å². The van der Waals surface area contributed by atoms with Crippen LogP contribution in [0.15, 0.2) is 158 Å². The molecule has 0 radical (unpaired) electrons. The maximum absolute atomic E-state index is 2.48. The van der Waals surface area contributed by atoms with Crippen molar-refractivity contribution in [3.63, 3.8) is 0 Å². The second kappa shape index (κ2) is 9.64. The molecule has 220 valence electrons. The van der Waals surface area contributed by atoms with E-state index in [4.69, 9.17) is 0 Å². The third-order valence-corrected chi connectivity index (χ3v) is 10.8. The van der Waals surface area contributed by atoms with Gasteiger partial charge in [0, 0.05) is 5.41 Å². The van der Waals surface area contributed by atoms with Crippen molar-refractivity contribution in [2.45, 2.75) is 19.3 Å². The highest BCUT2D eigenvalue weighted by atomic mass is 14.4. The number of rotatable bonds is 2. The lowest BCUT2D eigenvalue weighted by atomic mass is 9.78. The monoisotopic (exact) mass is 596 g/mol. The van der Waals surface area contributed by atoms with E-state index in [0.29, 0.717) is 0 Å². The zero-order valence-electron chi connectivity index (χ0n) is 26.5. The molecular weight excluding hydrogens is 565 g/mol. The van der Waals surface area contributed by atoms with Gasteiger partial charge in [0.2, 0.25) is 0 Å². The molecule has 9 aromatic rings. The van der Waals surface area contributed by atoms with Crippen LogP contribution in [0.2, 0.25) is 0 Å². The van der Waals surface area contributed by atoms with E-state index in [1.165, 1.54) is 98.4 Å². The van der Waals surface area contributed by atoms with Gasteiger partial charge in [-0.25, -0.2) is 0 Å². The molecule has 9 aromatic carbocycles. The Bertz CT molecular complexity index is 2690. The van der Waals surface area contributed by atoms with Crippen LogP contribution < -0.4 is 0 Å². The van der Waals surface area contributed by atoms with E-state index < -0.39 is 0 Å². The third kappa shape index (κ3) is 3.64. The van der Waals surface area contributed by atoms with Crippen molar-refractivity contribution in [1.29, 1.82) is 0 Å². The van der Waals surface area contributed by atoms with E-state index in [-0.39, 0.29) is 5.41 Å². The standard InChI is InChI=1S/C47H32/c1-47(2)42-28-31-17-7-6-16-30(31)26-41(42)45-34-19-9-8-18-33(34)40-27-32(24-25-39(40)46(45)47)44-37-22-12-10-20-35(37)43(29-14-4-3-5-15-29)36-21-11-13-23-38(36)44/h3-28H,1-2H3. The van der Waals surface area contributed by atoms with Gasteiger partial charge in [-0.05, 0) is 117 Å². The number of fused-ring (bicyclic) bond motifs is 11. The van der Waals surface area contributed by atoms with E-state index in [0.717, 1.165) is 0 Å². The van der Waals surface area contributed by atoms with Gasteiger partial charge in [0.1, 0.15) is 0 Å². The Kier molecular flexibility index (Phi) is 5.44. The van der Waals surface area contributed by atoms with Crippen LogP contribution in [-0.4, -0.2) is 0 Å². The summed E-state index contributed by atoms with van der Waals surface area (Å²) in [4.78, 5) is 0. The first kappa shape index (κ1) is 26.5. The van der Waals surface area contributed by atoms with Gasteiger partial charge in [-0.2, -0.15) is 0 Å². The summed E-state index contributed by atoms with van der Waals surface area (Å²) in [5, 5.41) is 13.1. The maximum atomic E-state index is 2.48. The zero-order valence-corrected chi connectivity index (χ0v) is 26.5. The van der Waals surface area contributed by atoms with Gasteiger partial charge in [0.05, 0.1) is 0 Å². The summed E-state index contributed by atoms with van der Waals surface area (Å²) in [6, 6.07) is 58.7. The summed E-state index contributed by atoms with van der Waals surface area (Å²) in [6.07, 6.45) is 0. The summed E-state index contributed by atoms with van der Waals surface area (Å²) in [5.74, 6) is 0. The van der Waals surface area contributed by atoms with Crippen LogP contribution in [0.5, 0.6) is 0 Å². The molecule has 0 heterocycles. The highest BCUT2D eigenvalue weighted by molar-refractivity contribution is 6.24. The van der Waals surface area contributed by atoms with Crippen LogP contribution >= 0.6 is 0 Å². The summed E-state index contributed by atoms with van der Waals surface area (Å²) in [7, 11) is 0. The SMILES string of the molecule is CC1(C)c2cc3ccccc3cc2-c2c1c1ccc(-c3c4ccccc4c(-c4ccccc4)c4ccccc34)cc1c1ccccc21. The molecule has 0 spiro atoms. The smallest absolute Gasteiger partial charge is 0.0165 e. The molecule has 10 rings (SSSR count). The molecule has 0 N–H and O–H groups in total. The van der Waals surface area contributed by atoms with Crippen molar-refractivity contribution in [2.24, 2.45) is 0 Å². The average molecular weight is 597 g/mol. The molecule has 0 saturated heterocycles. The van der Waals surface area contributed by atoms with Crippen molar-refractivity contribution in [2.75, 3.05) is 0 Å². The maximum Gasteiger partial charge on any atom is 0.0165 e. The molecule has 0 atom stereocenters. The minimum Gasteiger partial charge on any atom is -0.0622 e. The zero-order chi connectivity index (χ0) is 31.3. The van der Waals surface area contributed by atoms with Crippen molar-refractivity contribution < 1.29 is 0 Å².